The van der Waals surface area contributed by atoms with E-state index in [0.29, 0.717) is 35.6 Å². The maximum atomic E-state index is 12.9. The smallest absolute Gasteiger partial charge is 0.326 e. The lowest BCUT2D eigenvalue weighted by atomic mass is 10.00. The van der Waals surface area contributed by atoms with E-state index in [1.807, 2.05) is 6.07 Å². The molecular formula is C22H18F3N5O. The van der Waals surface area contributed by atoms with Gasteiger partial charge in [-0.25, -0.2) is 9.97 Å². The van der Waals surface area contributed by atoms with Crippen molar-refractivity contribution in [1.29, 1.82) is 0 Å². The van der Waals surface area contributed by atoms with E-state index in [1.54, 1.807) is 29.7 Å². The second-order valence-corrected chi connectivity index (χ2v) is 7.12. The normalized spacial score (nSPS) is 13.4. The minimum absolute atomic E-state index is 0.249. The molecule has 1 amide bonds. The topological polar surface area (TPSA) is 63.9 Å². The largest absolute Gasteiger partial charge is 0.416 e. The van der Waals surface area contributed by atoms with Gasteiger partial charge in [0.25, 0.3) is 5.91 Å². The lowest BCUT2D eigenvalue weighted by Gasteiger charge is -2.27. The fourth-order valence-electron chi connectivity index (χ4n) is 3.48. The van der Waals surface area contributed by atoms with E-state index in [2.05, 4.69) is 26.9 Å². The van der Waals surface area contributed by atoms with Gasteiger partial charge in [-0.2, -0.15) is 18.3 Å². The van der Waals surface area contributed by atoms with Crippen LogP contribution in [0.1, 0.15) is 23.7 Å². The van der Waals surface area contributed by atoms with Crippen LogP contribution in [0.4, 0.5) is 13.2 Å². The number of carbonyl (C=O) groups is 1. The van der Waals surface area contributed by atoms with Crippen molar-refractivity contribution in [3.8, 4) is 34.6 Å². The standard InChI is InChI=1S/C22H18F3N5O/c1-3-4-19(31)30-12-9-16-18(13-30)26-21(27-20(16)17-10-11-29(2)28-17)14-5-7-15(8-6-14)22(23,24)25/h5-8,10-11H,9,12-13H2,1-2H3. The van der Waals surface area contributed by atoms with Crippen LogP contribution in [0.25, 0.3) is 22.8 Å². The summed E-state index contributed by atoms with van der Waals surface area (Å²) in [6.45, 7) is 2.32. The van der Waals surface area contributed by atoms with E-state index in [0.717, 1.165) is 17.7 Å². The van der Waals surface area contributed by atoms with E-state index in [4.69, 9.17) is 0 Å². The van der Waals surface area contributed by atoms with Gasteiger partial charge in [0, 0.05) is 30.9 Å². The van der Waals surface area contributed by atoms with Crippen LogP contribution in [-0.4, -0.2) is 37.1 Å². The Hall–Kier alpha value is -3.67. The molecule has 1 aliphatic heterocycles. The van der Waals surface area contributed by atoms with Crippen molar-refractivity contribution < 1.29 is 18.0 Å². The number of nitrogens with zero attached hydrogens (tertiary/aromatic N) is 5. The summed E-state index contributed by atoms with van der Waals surface area (Å²) in [6, 6.07) is 6.53. The number of hydrogen-bond donors (Lipinski definition) is 0. The Kier molecular flexibility index (Phi) is 5.23. The van der Waals surface area contributed by atoms with Gasteiger partial charge >= 0.3 is 6.18 Å². The highest BCUT2D eigenvalue weighted by Gasteiger charge is 2.30. The van der Waals surface area contributed by atoms with Gasteiger partial charge < -0.3 is 4.90 Å². The summed E-state index contributed by atoms with van der Waals surface area (Å²) in [5.74, 6) is 5.13. The van der Waals surface area contributed by atoms with Crippen LogP contribution in [0, 0.1) is 11.8 Å². The van der Waals surface area contributed by atoms with Gasteiger partial charge in [0.2, 0.25) is 0 Å². The third-order valence-corrected chi connectivity index (χ3v) is 5.01. The molecule has 0 radical (unpaired) electrons. The maximum absolute atomic E-state index is 12.9. The van der Waals surface area contributed by atoms with Crippen molar-refractivity contribution in [3.05, 3.63) is 53.3 Å². The molecule has 6 nitrogen and oxygen atoms in total. The summed E-state index contributed by atoms with van der Waals surface area (Å²) < 4.78 is 40.4. The molecule has 4 rings (SSSR count). The van der Waals surface area contributed by atoms with E-state index in [-0.39, 0.29) is 18.3 Å². The molecule has 1 aromatic carbocycles. The average Bonchev–Trinajstić information content (AvgIpc) is 3.18. The molecule has 9 heteroatoms. The summed E-state index contributed by atoms with van der Waals surface area (Å²) in [6.07, 6.45) is -2.10. The number of aromatic nitrogens is 4. The Bertz CT molecular complexity index is 1200. The number of benzene rings is 1. The summed E-state index contributed by atoms with van der Waals surface area (Å²) in [5, 5.41) is 4.43. The number of aryl methyl sites for hydroxylation is 1. The molecule has 1 aliphatic rings. The molecule has 0 atom stereocenters. The second kappa shape index (κ2) is 7.87. The fraction of sp³-hybridized carbons (Fsp3) is 0.273. The fourth-order valence-corrected chi connectivity index (χ4v) is 3.48. The first-order valence-electron chi connectivity index (χ1n) is 9.55. The lowest BCUT2D eigenvalue weighted by molar-refractivity contribution is -0.137. The highest BCUT2D eigenvalue weighted by molar-refractivity contribution is 5.93. The van der Waals surface area contributed by atoms with E-state index in [1.165, 1.54) is 12.1 Å². The van der Waals surface area contributed by atoms with Crippen molar-refractivity contribution >= 4 is 5.91 Å². The van der Waals surface area contributed by atoms with Gasteiger partial charge in [0.05, 0.1) is 23.5 Å². The number of amides is 1. The number of fused-ring (bicyclic) bond motifs is 1. The monoisotopic (exact) mass is 425 g/mol. The summed E-state index contributed by atoms with van der Waals surface area (Å²) in [4.78, 5) is 23.1. The Morgan fingerprint density at radius 3 is 2.48 bits per heavy atom. The predicted molar refractivity (Wildman–Crippen MR) is 107 cm³/mol. The molecule has 0 saturated carbocycles. The van der Waals surface area contributed by atoms with E-state index >= 15 is 0 Å². The minimum Gasteiger partial charge on any atom is -0.326 e. The first-order valence-corrected chi connectivity index (χ1v) is 9.55. The zero-order valence-corrected chi connectivity index (χ0v) is 16.9. The Labute approximate surface area is 176 Å². The molecular weight excluding hydrogens is 407 g/mol. The van der Waals surface area contributed by atoms with Crippen molar-refractivity contribution in [2.75, 3.05) is 6.54 Å². The van der Waals surface area contributed by atoms with Crippen molar-refractivity contribution in [2.24, 2.45) is 7.05 Å². The number of hydrogen-bond acceptors (Lipinski definition) is 4. The molecule has 0 bridgehead atoms. The highest BCUT2D eigenvalue weighted by Crippen LogP contribution is 2.32. The zero-order chi connectivity index (χ0) is 22.2. The van der Waals surface area contributed by atoms with E-state index in [9.17, 15) is 18.0 Å². The van der Waals surface area contributed by atoms with E-state index < -0.39 is 11.7 Å². The van der Waals surface area contributed by atoms with Crippen LogP contribution >= 0.6 is 0 Å². The number of carbonyl (C=O) groups excluding carboxylic acids is 1. The Morgan fingerprint density at radius 2 is 1.87 bits per heavy atom. The first kappa shape index (κ1) is 20.6. The zero-order valence-electron chi connectivity index (χ0n) is 16.9. The molecule has 0 unspecified atom stereocenters. The molecule has 3 heterocycles. The van der Waals surface area contributed by atoms with Crippen molar-refractivity contribution in [1.82, 2.24) is 24.6 Å². The maximum Gasteiger partial charge on any atom is 0.416 e. The molecule has 0 spiro atoms. The summed E-state index contributed by atoms with van der Waals surface area (Å²) in [7, 11) is 1.79. The molecule has 0 saturated heterocycles. The van der Waals surface area contributed by atoms with Crippen LogP contribution in [0.5, 0.6) is 0 Å². The van der Waals surface area contributed by atoms with Crippen LogP contribution < -0.4 is 0 Å². The predicted octanol–water partition coefficient (Wildman–Crippen LogP) is 3.47. The third kappa shape index (κ3) is 4.14. The average molecular weight is 425 g/mol. The SMILES string of the molecule is CC#CC(=O)N1CCc2c(nc(-c3ccc(C(F)(F)F)cc3)nc2-c2ccn(C)n2)C1. The molecule has 158 valence electrons. The second-order valence-electron chi connectivity index (χ2n) is 7.12. The molecule has 31 heavy (non-hydrogen) atoms. The molecule has 0 fully saturated rings. The Balaban J connectivity index is 1.80. The summed E-state index contributed by atoms with van der Waals surface area (Å²) >= 11 is 0. The van der Waals surface area contributed by atoms with Gasteiger partial charge in [-0.15, -0.1) is 0 Å². The number of alkyl halides is 3. The third-order valence-electron chi connectivity index (χ3n) is 5.01. The van der Waals surface area contributed by atoms with Gasteiger partial charge in [0.15, 0.2) is 5.82 Å². The van der Waals surface area contributed by atoms with Crippen LogP contribution in [0.2, 0.25) is 0 Å². The first-order chi connectivity index (χ1) is 14.8. The molecule has 3 aromatic rings. The van der Waals surface area contributed by atoms with Crippen LogP contribution in [0.15, 0.2) is 36.5 Å². The molecule has 0 N–H and O–H groups in total. The highest BCUT2D eigenvalue weighted by atomic mass is 19.4. The lowest BCUT2D eigenvalue weighted by Crippen LogP contribution is -2.36. The van der Waals surface area contributed by atoms with Crippen molar-refractivity contribution in [3.63, 3.8) is 0 Å². The van der Waals surface area contributed by atoms with Crippen LogP contribution in [0.3, 0.4) is 0 Å². The van der Waals surface area contributed by atoms with Gasteiger partial charge in [-0.1, -0.05) is 18.1 Å². The number of rotatable bonds is 2. The number of halogens is 3. The van der Waals surface area contributed by atoms with Gasteiger partial charge in [-0.3, -0.25) is 9.48 Å². The molecule has 2 aromatic heterocycles. The Morgan fingerprint density at radius 1 is 1.13 bits per heavy atom. The molecule has 0 aliphatic carbocycles. The van der Waals surface area contributed by atoms with Gasteiger partial charge in [0.1, 0.15) is 5.69 Å². The quantitative estimate of drug-likeness (QED) is 0.590. The minimum atomic E-state index is -4.42. The van der Waals surface area contributed by atoms with Crippen LogP contribution in [-0.2, 0) is 31.0 Å². The van der Waals surface area contributed by atoms with Crippen molar-refractivity contribution in [2.45, 2.75) is 26.1 Å². The summed E-state index contributed by atoms with van der Waals surface area (Å²) in [5.41, 5.74) is 2.49. The van der Waals surface area contributed by atoms with Gasteiger partial charge in [-0.05, 0) is 37.5 Å².